The number of rotatable bonds is 3. The van der Waals surface area contributed by atoms with Crippen molar-refractivity contribution in [1.29, 1.82) is 0 Å². The molecule has 1 fully saturated rings. The van der Waals surface area contributed by atoms with E-state index in [2.05, 4.69) is 49.9 Å². The van der Waals surface area contributed by atoms with E-state index in [-0.39, 0.29) is 0 Å². The molecule has 94 valence electrons. The predicted molar refractivity (Wildman–Crippen MR) is 71.2 cm³/mol. The zero-order valence-corrected chi connectivity index (χ0v) is 11.1. The highest BCUT2D eigenvalue weighted by Gasteiger charge is 2.23. The summed E-state index contributed by atoms with van der Waals surface area (Å²) in [5.41, 5.74) is 2.74. The fourth-order valence-electron chi connectivity index (χ4n) is 2.40. The van der Waals surface area contributed by atoms with Gasteiger partial charge < -0.3 is 4.74 Å². The van der Waals surface area contributed by atoms with Crippen LogP contribution in [-0.2, 0) is 4.74 Å². The van der Waals surface area contributed by atoms with E-state index >= 15 is 0 Å². The molecule has 2 heteroatoms. The quantitative estimate of drug-likeness (QED) is 0.795. The lowest BCUT2D eigenvalue weighted by Gasteiger charge is -2.36. The average molecular weight is 233 g/mol. The number of ether oxygens (including phenoxy) is 1. The van der Waals surface area contributed by atoms with Crippen LogP contribution in [0.15, 0.2) is 24.3 Å². The van der Waals surface area contributed by atoms with Crippen molar-refractivity contribution in [2.75, 3.05) is 19.7 Å². The standard InChI is InChI=1S/C15H23NO/c1-4-15-11-16(9-10-17-15)13(3)14-7-5-12(2)6-8-14/h5-8,13,15H,4,9-11H2,1-3H3. The van der Waals surface area contributed by atoms with Crippen LogP contribution in [0.3, 0.4) is 0 Å². The summed E-state index contributed by atoms with van der Waals surface area (Å²) in [5.74, 6) is 0. The first-order valence-electron chi connectivity index (χ1n) is 6.63. The average Bonchev–Trinajstić information content (AvgIpc) is 2.39. The van der Waals surface area contributed by atoms with Crippen LogP contribution in [0.25, 0.3) is 0 Å². The smallest absolute Gasteiger partial charge is 0.0700 e. The van der Waals surface area contributed by atoms with E-state index in [1.54, 1.807) is 0 Å². The molecule has 0 N–H and O–H groups in total. The Balaban J connectivity index is 2.03. The van der Waals surface area contributed by atoms with E-state index in [1.165, 1.54) is 11.1 Å². The number of benzene rings is 1. The Morgan fingerprint density at radius 3 is 2.71 bits per heavy atom. The molecule has 2 nitrogen and oxygen atoms in total. The molecule has 1 aliphatic heterocycles. The van der Waals surface area contributed by atoms with Crippen LogP contribution in [0.4, 0.5) is 0 Å². The third kappa shape index (κ3) is 3.08. The van der Waals surface area contributed by atoms with Gasteiger partial charge in [0, 0.05) is 19.1 Å². The second kappa shape index (κ2) is 5.65. The van der Waals surface area contributed by atoms with Gasteiger partial charge >= 0.3 is 0 Å². The summed E-state index contributed by atoms with van der Waals surface area (Å²) in [4.78, 5) is 2.53. The van der Waals surface area contributed by atoms with Crippen LogP contribution in [0.1, 0.15) is 37.4 Å². The van der Waals surface area contributed by atoms with Crippen LogP contribution in [0, 0.1) is 6.92 Å². The van der Waals surface area contributed by atoms with Crippen LogP contribution in [0.2, 0.25) is 0 Å². The van der Waals surface area contributed by atoms with Gasteiger partial charge in [0.05, 0.1) is 12.7 Å². The summed E-state index contributed by atoms with van der Waals surface area (Å²) in [6.07, 6.45) is 1.52. The third-order valence-electron chi connectivity index (χ3n) is 3.73. The van der Waals surface area contributed by atoms with E-state index in [0.717, 1.165) is 26.1 Å². The van der Waals surface area contributed by atoms with Crippen LogP contribution < -0.4 is 0 Å². The number of hydrogen-bond donors (Lipinski definition) is 0. The van der Waals surface area contributed by atoms with E-state index in [9.17, 15) is 0 Å². The van der Waals surface area contributed by atoms with Crippen molar-refractivity contribution in [2.45, 2.75) is 39.3 Å². The summed E-state index contributed by atoms with van der Waals surface area (Å²) in [6, 6.07) is 9.38. The lowest BCUT2D eigenvalue weighted by molar-refractivity contribution is -0.0425. The maximum atomic E-state index is 5.72. The van der Waals surface area contributed by atoms with Gasteiger partial charge in [0.25, 0.3) is 0 Å². The van der Waals surface area contributed by atoms with Crippen LogP contribution in [0.5, 0.6) is 0 Å². The molecule has 1 aliphatic rings. The zero-order chi connectivity index (χ0) is 12.3. The molecule has 2 unspecified atom stereocenters. The second-order valence-electron chi connectivity index (χ2n) is 4.98. The Hall–Kier alpha value is -0.860. The molecular weight excluding hydrogens is 210 g/mol. The van der Waals surface area contributed by atoms with Gasteiger partial charge in [-0.3, -0.25) is 4.90 Å². The Morgan fingerprint density at radius 2 is 2.06 bits per heavy atom. The Labute approximate surface area is 105 Å². The Morgan fingerprint density at radius 1 is 1.35 bits per heavy atom. The van der Waals surface area contributed by atoms with Crippen molar-refractivity contribution in [2.24, 2.45) is 0 Å². The molecule has 1 heterocycles. The number of hydrogen-bond acceptors (Lipinski definition) is 2. The Kier molecular flexibility index (Phi) is 4.19. The van der Waals surface area contributed by atoms with Crippen LogP contribution in [-0.4, -0.2) is 30.7 Å². The molecule has 0 aliphatic carbocycles. The molecule has 0 amide bonds. The first-order valence-corrected chi connectivity index (χ1v) is 6.63. The van der Waals surface area contributed by atoms with E-state index in [1.807, 2.05) is 0 Å². The minimum atomic E-state index is 0.414. The maximum Gasteiger partial charge on any atom is 0.0700 e. The molecule has 2 atom stereocenters. The van der Waals surface area contributed by atoms with Crippen molar-refractivity contribution in [3.8, 4) is 0 Å². The van der Waals surface area contributed by atoms with Gasteiger partial charge in [-0.05, 0) is 25.8 Å². The van der Waals surface area contributed by atoms with Crippen LogP contribution >= 0.6 is 0 Å². The predicted octanol–water partition coefficient (Wildman–Crippen LogP) is 3.17. The molecule has 1 aromatic carbocycles. The highest BCUT2D eigenvalue weighted by Crippen LogP contribution is 2.23. The molecule has 1 saturated heterocycles. The molecule has 0 radical (unpaired) electrons. The fraction of sp³-hybridized carbons (Fsp3) is 0.600. The first-order chi connectivity index (χ1) is 8.20. The van der Waals surface area contributed by atoms with Gasteiger partial charge in [0.1, 0.15) is 0 Å². The lowest BCUT2D eigenvalue weighted by atomic mass is 10.0. The molecule has 0 bridgehead atoms. The zero-order valence-electron chi connectivity index (χ0n) is 11.1. The maximum absolute atomic E-state index is 5.72. The molecule has 0 aromatic heterocycles. The number of nitrogens with zero attached hydrogens (tertiary/aromatic N) is 1. The van der Waals surface area contributed by atoms with Gasteiger partial charge in [0.15, 0.2) is 0 Å². The fourth-order valence-corrected chi connectivity index (χ4v) is 2.40. The summed E-state index contributed by atoms with van der Waals surface area (Å²) in [6.45, 7) is 9.61. The van der Waals surface area contributed by atoms with Crippen molar-refractivity contribution in [3.63, 3.8) is 0 Å². The highest BCUT2D eigenvalue weighted by molar-refractivity contribution is 5.23. The Bertz CT molecular complexity index is 346. The molecular formula is C15H23NO. The van der Waals surface area contributed by atoms with Gasteiger partial charge in [0.2, 0.25) is 0 Å². The number of aryl methyl sites for hydroxylation is 1. The van der Waals surface area contributed by atoms with Gasteiger partial charge in [-0.2, -0.15) is 0 Å². The third-order valence-corrected chi connectivity index (χ3v) is 3.73. The van der Waals surface area contributed by atoms with E-state index in [4.69, 9.17) is 4.74 Å². The number of morpholine rings is 1. The second-order valence-corrected chi connectivity index (χ2v) is 4.98. The van der Waals surface area contributed by atoms with E-state index < -0.39 is 0 Å². The molecule has 2 rings (SSSR count). The largest absolute Gasteiger partial charge is 0.376 e. The van der Waals surface area contributed by atoms with Gasteiger partial charge in [-0.15, -0.1) is 0 Å². The molecule has 0 spiro atoms. The summed E-state index contributed by atoms with van der Waals surface area (Å²) >= 11 is 0. The van der Waals surface area contributed by atoms with Crippen molar-refractivity contribution < 1.29 is 4.74 Å². The summed E-state index contributed by atoms with van der Waals surface area (Å²) in [5, 5.41) is 0. The summed E-state index contributed by atoms with van der Waals surface area (Å²) < 4.78 is 5.72. The van der Waals surface area contributed by atoms with Gasteiger partial charge in [-0.1, -0.05) is 36.8 Å². The van der Waals surface area contributed by atoms with Crippen molar-refractivity contribution in [1.82, 2.24) is 4.90 Å². The minimum Gasteiger partial charge on any atom is -0.376 e. The molecule has 17 heavy (non-hydrogen) atoms. The lowest BCUT2D eigenvalue weighted by Crippen LogP contribution is -2.43. The van der Waals surface area contributed by atoms with Crippen molar-refractivity contribution in [3.05, 3.63) is 35.4 Å². The molecule has 1 aromatic rings. The molecule has 0 saturated carbocycles. The first kappa shape index (κ1) is 12.6. The highest BCUT2D eigenvalue weighted by atomic mass is 16.5. The minimum absolute atomic E-state index is 0.414. The van der Waals surface area contributed by atoms with Crippen molar-refractivity contribution >= 4 is 0 Å². The topological polar surface area (TPSA) is 12.5 Å². The summed E-state index contributed by atoms with van der Waals surface area (Å²) in [7, 11) is 0. The monoisotopic (exact) mass is 233 g/mol. The SMILES string of the molecule is CCC1CN(C(C)c2ccc(C)cc2)CCO1. The van der Waals surface area contributed by atoms with Gasteiger partial charge in [-0.25, -0.2) is 0 Å². The normalized spacial score (nSPS) is 23.6. The van der Waals surface area contributed by atoms with E-state index in [0.29, 0.717) is 12.1 Å².